The Hall–Kier alpha value is -2.21. The van der Waals surface area contributed by atoms with Crippen molar-refractivity contribution in [1.29, 1.82) is 0 Å². The lowest BCUT2D eigenvalue weighted by atomic mass is 9.95. The highest BCUT2D eigenvalue weighted by Gasteiger charge is 2.43. The Kier molecular flexibility index (Phi) is 4.90. The average molecular weight is 343 g/mol. The molecule has 2 aliphatic rings. The molecule has 0 radical (unpaired) electrons. The summed E-state index contributed by atoms with van der Waals surface area (Å²) in [5.41, 5.74) is 7.17. The Bertz CT molecular complexity index is 676. The van der Waals surface area contributed by atoms with E-state index < -0.39 is 6.04 Å². The van der Waals surface area contributed by atoms with Gasteiger partial charge in [-0.2, -0.15) is 0 Å². The Morgan fingerprint density at radius 1 is 1.12 bits per heavy atom. The van der Waals surface area contributed by atoms with Crippen LogP contribution in [0.4, 0.5) is 5.69 Å². The number of carbonyl (C=O) groups is 3. The summed E-state index contributed by atoms with van der Waals surface area (Å²) in [5, 5.41) is 0. The highest BCUT2D eigenvalue weighted by Crippen LogP contribution is 2.29. The van der Waals surface area contributed by atoms with Crippen molar-refractivity contribution in [3.8, 4) is 0 Å². The van der Waals surface area contributed by atoms with Gasteiger partial charge in [-0.3, -0.25) is 19.3 Å². The fourth-order valence-electron chi connectivity index (χ4n) is 3.68. The number of anilines is 1. The molecule has 2 N–H and O–H groups in total. The van der Waals surface area contributed by atoms with Crippen molar-refractivity contribution in [3.05, 3.63) is 29.8 Å². The van der Waals surface area contributed by atoms with E-state index in [9.17, 15) is 14.4 Å². The summed E-state index contributed by atoms with van der Waals surface area (Å²) >= 11 is 0. The van der Waals surface area contributed by atoms with Crippen molar-refractivity contribution in [1.82, 2.24) is 4.90 Å². The number of rotatable bonds is 4. The van der Waals surface area contributed by atoms with E-state index in [1.54, 1.807) is 0 Å². The Morgan fingerprint density at radius 3 is 2.24 bits per heavy atom. The number of hydrogen-bond acceptors (Lipinski definition) is 4. The maximum absolute atomic E-state index is 12.8. The average Bonchev–Trinajstić information content (AvgIpc) is 2.89. The number of imide groups is 1. The smallest absolute Gasteiger partial charge is 0.251 e. The van der Waals surface area contributed by atoms with Crippen molar-refractivity contribution < 1.29 is 14.4 Å². The van der Waals surface area contributed by atoms with Crippen LogP contribution in [0.15, 0.2) is 24.3 Å². The van der Waals surface area contributed by atoms with Crippen LogP contribution in [0.2, 0.25) is 0 Å². The molecule has 2 heterocycles. The van der Waals surface area contributed by atoms with Gasteiger partial charge in [-0.25, -0.2) is 4.90 Å². The van der Waals surface area contributed by atoms with Crippen molar-refractivity contribution in [2.75, 3.05) is 18.0 Å². The predicted octanol–water partition coefficient (Wildman–Crippen LogP) is 1.64. The fraction of sp³-hybridized carbons (Fsp3) is 0.526. The van der Waals surface area contributed by atoms with Crippen LogP contribution >= 0.6 is 0 Å². The highest BCUT2D eigenvalue weighted by atomic mass is 16.2. The first-order chi connectivity index (χ1) is 11.9. The molecule has 3 rings (SSSR count). The number of hydrogen-bond donors (Lipinski definition) is 1. The highest BCUT2D eigenvalue weighted by molar-refractivity contribution is 6.22. The number of primary amides is 1. The third kappa shape index (κ3) is 3.44. The van der Waals surface area contributed by atoms with Crippen molar-refractivity contribution in [3.63, 3.8) is 0 Å². The first-order valence-electron chi connectivity index (χ1n) is 8.88. The summed E-state index contributed by atoms with van der Waals surface area (Å²) in [6.07, 6.45) is 1.50. The van der Waals surface area contributed by atoms with Gasteiger partial charge in [0.15, 0.2) is 0 Å². The van der Waals surface area contributed by atoms with E-state index >= 15 is 0 Å². The minimum absolute atomic E-state index is 0.122. The molecule has 2 saturated heterocycles. The molecule has 25 heavy (non-hydrogen) atoms. The minimum Gasteiger partial charge on any atom is -0.369 e. The first-order valence-corrected chi connectivity index (χ1v) is 8.88. The number of likely N-dealkylation sites (tertiary alicyclic amines) is 1. The molecule has 1 atom stereocenters. The largest absolute Gasteiger partial charge is 0.369 e. The van der Waals surface area contributed by atoms with Crippen LogP contribution in [-0.4, -0.2) is 41.8 Å². The number of nitrogens with zero attached hydrogens (tertiary/aromatic N) is 2. The topological polar surface area (TPSA) is 83.7 Å². The predicted molar refractivity (Wildman–Crippen MR) is 94.9 cm³/mol. The lowest BCUT2D eigenvalue weighted by Crippen LogP contribution is -2.47. The van der Waals surface area contributed by atoms with Crippen LogP contribution in [0.5, 0.6) is 0 Å². The molecule has 0 saturated carbocycles. The third-order valence-corrected chi connectivity index (χ3v) is 5.31. The van der Waals surface area contributed by atoms with E-state index in [2.05, 4.69) is 13.8 Å². The molecule has 3 amide bonds. The van der Waals surface area contributed by atoms with Gasteiger partial charge in [0.25, 0.3) is 5.91 Å². The van der Waals surface area contributed by atoms with E-state index in [1.807, 2.05) is 29.2 Å². The maximum Gasteiger partial charge on any atom is 0.251 e. The van der Waals surface area contributed by atoms with Crippen molar-refractivity contribution >= 4 is 23.4 Å². The second kappa shape index (κ2) is 6.96. The molecule has 1 unspecified atom stereocenters. The van der Waals surface area contributed by atoms with Crippen molar-refractivity contribution in [2.45, 2.75) is 45.1 Å². The SMILES string of the molecule is CC(C)c1ccc(N2C(=O)CC(N3CCC(C(N)=O)CC3)C2=O)cc1. The third-order valence-electron chi connectivity index (χ3n) is 5.31. The molecule has 2 aliphatic heterocycles. The molecular weight excluding hydrogens is 318 g/mol. The molecule has 134 valence electrons. The summed E-state index contributed by atoms with van der Waals surface area (Å²) < 4.78 is 0. The van der Waals surface area contributed by atoms with Gasteiger partial charge in [0.05, 0.1) is 18.2 Å². The molecule has 2 fully saturated rings. The van der Waals surface area contributed by atoms with Gasteiger partial charge in [-0.1, -0.05) is 26.0 Å². The van der Waals surface area contributed by atoms with Gasteiger partial charge >= 0.3 is 0 Å². The fourth-order valence-corrected chi connectivity index (χ4v) is 3.68. The number of amides is 3. The summed E-state index contributed by atoms with van der Waals surface area (Å²) in [4.78, 5) is 39.9. The lowest BCUT2D eigenvalue weighted by Gasteiger charge is -2.33. The number of carbonyl (C=O) groups excluding carboxylic acids is 3. The number of nitrogens with two attached hydrogens (primary N) is 1. The monoisotopic (exact) mass is 343 g/mol. The lowest BCUT2D eigenvalue weighted by molar-refractivity contribution is -0.124. The Balaban J connectivity index is 1.71. The summed E-state index contributed by atoms with van der Waals surface area (Å²) in [5.74, 6) is -0.328. The van der Waals surface area contributed by atoms with Gasteiger partial charge in [-0.15, -0.1) is 0 Å². The summed E-state index contributed by atoms with van der Waals surface area (Å²) in [6, 6.07) is 7.18. The molecule has 0 spiro atoms. The van der Waals surface area contributed by atoms with Crippen LogP contribution < -0.4 is 10.6 Å². The standard InChI is InChI=1S/C19H25N3O3/c1-12(2)13-3-5-15(6-4-13)22-17(23)11-16(19(22)25)21-9-7-14(8-10-21)18(20)24/h3-6,12,14,16H,7-11H2,1-2H3,(H2,20,24). The van der Waals surface area contributed by atoms with Crippen molar-refractivity contribution in [2.24, 2.45) is 11.7 Å². The molecule has 6 heteroatoms. The van der Waals surface area contributed by atoms with E-state index in [-0.39, 0.29) is 30.1 Å². The van der Waals surface area contributed by atoms with Gasteiger partial charge in [0.1, 0.15) is 0 Å². The summed E-state index contributed by atoms with van der Waals surface area (Å²) in [6.45, 7) is 5.45. The number of piperidine rings is 1. The summed E-state index contributed by atoms with van der Waals surface area (Å²) in [7, 11) is 0. The molecule has 0 aliphatic carbocycles. The molecule has 1 aromatic carbocycles. The second-order valence-corrected chi connectivity index (χ2v) is 7.25. The van der Waals surface area contributed by atoms with E-state index in [1.165, 1.54) is 10.5 Å². The molecular formula is C19H25N3O3. The van der Waals surface area contributed by atoms with Gasteiger partial charge in [0.2, 0.25) is 11.8 Å². The zero-order valence-electron chi connectivity index (χ0n) is 14.8. The van der Waals surface area contributed by atoms with Crippen LogP contribution in [0.3, 0.4) is 0 Å². The van der Waals surface area contributed by atoms with E-state index in [0.717, 1.165) is 0 Å². The van der Waals surface area contributed by atoms with Crippen LogP contribution in [0.1, 0.15) is 44.6 Å². The first kappa shape index (κ1) is 17.6. The molecule has 0 aromatic heterocycles. The van der Waals surface area contributed by atoms with Gasteiger partial charge in [-0.05, 0) is 49.5 Å². The zero-order valence-corrected chi connectivity index (χ0v) is 14.8. The van der Waals surface area contributed by atoms with Gasteiger partial charge < -0.3 is 5.73 Å². The van der Waals surface area contributed by atoms with E-state index in [0.29, 0.717) is 37.5 Å². The van der Waals surface area contributed by atoms with E-state index in [4.69, 9.17) is 5.73 Å². The molecule has 0 bridgehead atoms. The second-order valence-electron chi connectivity index (χ2n) is 7.25. The van der Waals surface area contributed by atoms with Crippen LogP contribution in [0, 0.1) is 5.92 Å². The number of benzene rings is 1. The van der Waals surface area contributed by atoms with Crippen LogP contribution in [-0.2, 0) is 14.4 Å². The van der Waals surface area contributed by atoms with Crippen LogP contribution in [0.25, 0.3) is 0 Å². The maximum atomic E-state index is 12.8. The Morgan fingerprint density at radius 2 is 1.72 bits per heavy atom. The minimum atomic E-state index is -0.425. The normalized spacial score (nSPS) is 22.8. The zero-order chi connectivity index (χ0) is 18.1. The Labute approximate surface area is 148 Å². The molecule has 6 nitrogen and oxygen atoms in total. The molecule has 1 aromatic rings. The quantitative estimate of drug-likeness (QED) is 0.843. The van der Waals surface area contributed by atoms with Gasteiger partial charge in [0, 0.05) is 5.92 Å².